The minimum atomic E-state index is -0.228. The van der Waals surface area contributed by atoms with Gasteiger partial charge in [-0.05, 0) is 55.5 Å². The molecular weight excluding hydrogens is 384 g/mol. The van der Waals surface area contributed by atoms with Gasteiger partial charge in [-0.25, -0.2) is 0 Å². The largest absolute Gasteiger partial charge is 0.355 e. The van der Waals surface area contributed by atoms with Crippen molar-refractivity contribution in [3.05, 3.63) is 88.8 Å². The van der Waals surface area contributed by atoms with Crippen molar-refractivity contribution < 1.29 is 9.32 Å². The Morgan fingerprint density at radius 3 is 2.72 bits per heavy atom. The van der Waals surface area contributed by atoms with E-state index in [4.69, 9.17) is 16.1 Å². The van der Waals surface area contributed by atoms with Gasteiger partial charge in [-0.1, -0.05) is 67.2 Å². The average Bonchev–Trinajstić information content (AvgIpc) is 3.08. The molecule has 152 valence electrons. The molecule has 4 nitrogen and oxygen atoms in total. The Hall–Kier alpha value is -2.85. The summed E-state index contributed by atoms with van der Waals surface area (Å²) in [5.41, 5.74) is 5.03. The second-order valence-corrected chi connectivity index (χ2v) is 7.07. The minimum absolute atomic E-state index is 0.228. The van der Waals surface area contributed by atoms with Crippen molar-refractivity contribution in [2.45, 2.75) is 33.6 Å². The molecule has 0 aliphatic rings. The third-order valence-corrected chi connectivity index (χ3v) is 4.78. The Kier molecular flexibility index (Phi) is 8.22. The van der Waals surface area contributed by atoms with E-state index in [1.807, 2.05) is 18.2 Å². The number of aromatic nitrogens is 1. The highest BCUT2D eigenvalue weighted by Crippen LogP contribution is 2.26. The van der Waals surface area contributed by atoms with Gasteiger partial charge in [-0.3, -0.25) is 4.79 Å². The lowest BCUT2D eigenvalue weighted by Gasteiger charge is -2.13. The van der Waals surface area contributed by atoms with E-state index in [0.717, 1.165) is 23.1 Å². The van der Waals surface area contributed by atoms with Gasteiger partial charge in [0.05, 0.1) is 5.69 Å². The number of amides is 1. The molecule has 0 atom stereocenters. The van der Waals surface area contributed by atoms with Crippen LogP contribution in [-0.2, 0) is 0 Å². The highest BCUT2D eigenvalue weighted by Gasteiger charge is 2.21. The van der Waals surface area contributed by atoms with E-state index < -0.39 is 0 Å². The van der Waals surface area contributed by atoms with E-state index in [1.54, 1.807) is 25.2 Å². The van der Waals surface area contributed by atoms with Crippen LogP contribution in [0.4, 0.5) is 0 Å². The molecule has 1 amide bonds. The molecule has 0 fully saturated rings. The van der Waals surface area contributed by atoms with Gasteiger partial charge >= 0.3 is 0 Å². The molecule has 0 aliphatic carbocycles. The van der Waals surface area contributed by atoms with Crippen LogP contribution in [-0.4, -0.2) is 17.6 Å². The number of rotatable bonds is 9. The van der Waals surface area contributed by atoms with Crippen molar-refractivity contribution in [3.8, 4) is 0 Å². The van der Waals surface area contributed by atoms with Crippen molar-refractivity contribution in [1.29, 1.82) is 0 Å². The quantitative estimate of drug-likeness (QED) is 0.492. The summed E-state index contributed by atoms with van der Waals surface area (Å²) in [6.07, 6.45) is 8.72. The maximum atomic E-state index is 12.8. The second-order valence-electron chi connectivity index (χ2n) is 6.64. The first-order valence-electron chi connectivity index (χ1n) is 9.58. The molecule has 1 aromatic carbocycles. The topological polar surface area (TPSA) is 55.1 Å². The lowest BCUT2D eigenvalue weighted by atomic mass is 9.97. The zero-order chi connectivity index (χ0) is 21.4. The van der Waals surface area contributed by atoms with Crippen LogP contribution in [0.25, 0.3) is 11.1 Å². The number of hydrogen-bond acceptors (Lipinski definition) is 3. The summed E-state index contributed by atoms with van der Waals surface area (Å²) in [4.78, 5) is 12.8. The van der Waals surface area contributed by atoms with Gasteiger partial charge in [0.15, 0.2) is 5.76 Å². The SMILES string of the molecule is C=C/C=C(\C=C)c1onc(C)c1C(=O)NCC/C(=C/CC)c1cc(Cl)ccc1C. The van der Waals surface area contributed by atoms with Crippen molar-refractivity contribution in [2.24, 2.45) is 0 Å². The molecule has 0 radical (unpaired) electrons. The molecule has 0 saturated carbocycles. The van der Waals surface area contributed by atoms with Gasteiger partial charge in [-0.15, -0.1) is 0 Å². The first-order valence-corrected chi connectivity index (χ1v) is 9.96. The van der Waals surface area contributed by atoms with Crippen LogP contribution in [0, 0.1) is 13.8 Å². The third-order valence-electron chi connectivity index (χ3n) is 4.55. The summed E-state index contributed by atoms with van der Waals surface area (Å²) < 4.78 is 5.36. The summed E-state index contributed by atoms with van der Waals surface area (Å²) in [7, 11) is 0. The first kappa shape index (κ1) is 22.4. The predicted octanol–water partition coefficient (Wildman–Crippen LogP) is 6.31. The van der Waals surface area contributed by atoms with Gasteiger partial charge in [0.1, 0.15) is 5.56 Å². The number of nitrogens with zero attached hydrogens (tertiary/aromatic N) is 1. The highest BCUT2D eigenvalue weighted by molar-refractivity contribution is 6.30. The lowest BCUT2D eigenvalue weighted by Crippen LogP contribution is -2.25. The Morgan fingerprint density at radius 1 is 1.31 bits per heavy atom. The van der Waals surface area contributed by atoms with E-state index in [9.17, 15) is 4.79 Å². The van der Waals surface area contributed by atoms with E-state index in [2.05, 4.69) is 43.6 Å². The van der Waals surface area contributed by atoms with Crippen molar-refractivity contribution in [3.63, 3.8) is 0 Å². The standard InChI is InChI=1S/C24H27ClN2O2/c1-6-9-18(8-3)23-22(17(5)27-29-23)24(28)26-14-13-19(10-7-2)21-15-20(25)12-11-16(21)4/h6,8-12,15H,1,3,7,13-14H2,2,4-5H3,(H,26,28)/b18-9+,19-10-. The van der Waals surface area contributed by atoms with Crippen LogP contribution in [0.2, 0.25) is 5.02 Å². The van der Waals surface area contributed by atoms with Crippen LogP contribution in [0.5, 0.6) is 0 Å². The van der Waals surface area contributed by atoms with Gasteiger partial charge < -0.3 is 9.84 Å². The summed E-state index contributed by atoms with van der Waals surface area (Å²) >= 11 is 6.18. The number of halogens is 1. The van der Waals surface area contributed by atoms with Gasteiger partial charge in [0.25, 0.3) is 5.91 Å². The molecule has 1 aromatic heterocycles. The van der Waals surface area contributed by atoms with Crippen molar-refractivity contribution in [2.75, 3.05) is 6.54 Å². The number of benzene rings is 1. The van der Waals surface area contributed by atoms with Crippen molar-refractivity contribution >= 4 is 28.7 Å². The second kappa shape index (κ2) is 10.6. The summed E-state index contributed by atoms with van der Waals surface area (Å²) in [6.45, 7) is 13.8. The molecule has 0 spiro atoms. The number of hydrogen-bond donors (Lipinski definition) is 1. The fraction of sp³-hybridized carbons (Fsp3) is 0.250. The monoisotopic (exact) mass is 410 g/mol. The van der Waals surface area contributed by atoms with E-state index in [-0.39, 0.29) is 5.91 Å². The van der Waals surface area contributed by atoms with Crippen LogP contribution in [0.1, 0.15) is 52.7 Å². The number of carbonyl (C=O) groups excluding carboxylic acids is 1. The zero-order valence-electron chi connectivity index (χ0n) is 17.2. The fourth-order valence-corrected chi connectivity index (χ4v) is 3.30. The minimum Gasteiger partial charge on any atom is -0.355 e. The van der Waals surface area contributed by atoms with Crippen LogP contribution >= 0.6 is 11.6 Å². The van der Waals surface area contributed by atoms with E-state index >= 15 is 0 Å². The average molecular weight is 411 g/mol. The normalized spacial score (nSPS) is 12.0. The molecule has 29 heavy (non-hydrogen) atoms. The van der Waals surface area contributed by atoms with Crippen molar-refractivity contribution in [1.82, 2.24) is 10.5 Å². The zero-order valence-corrected chi connectivity index (χ0v) is 18.0. The fourth-order valence-electron chi connectivity index (χ4n) is 3.13. The predicted molar refractivity (Wildman–Crippen MR) is 121 cm³/mol. The maximum absolute atomic E-state index is 12.8. The Bertz CT molecular complexity index is 967. The third kappa shape index (κ3) is 5.58. The summed E-state index contributed by atoms with van der Waals surface area (Å²) in [5, 5.41) is 7.63. The first-order chi connectivity index (χ1) is 13.9. The molecule has 0 bridgehead atoms. The molecule has 1 heterocycles. The van der Waals surface area contributed by atoms with Gasteiger partial charge in [0.2, 0.25) is 0 Å². The van der Waals surface area contributed by atoms with E-state index in [1.165, 1.54) is 0 Å². The Balaban J connectivity index is 2.17. The summed E-state index contributed by atoms with van der Waals surface area (Å²) in [5.74, 6) is 0.166. The van der Waals surface area contributed by atoms with Gasteiger partial charge in [0, 0.05) is 17.1 Å². The number of aryl methyl sites for hydroxylation is 2. The maximum Gasteiger partial charge on any atom is 0.257 e. The lowest BCUT2D eigenvalue weighted by molar-refractivity contribution is 0.0953. The molecule has 2 rings (SSSR count). The molecule has 5 heteroatoms. The smallest absolute Gasteiger partial charge is 0.257 e. The molecule has 0 unspecified atom stereocenters. The number of allylic oxidation sites excluding steroid dienone is 5. The molecule has 0 saturated heterocycles. The van der Waals surface area contributed by atoms with Gasteiger partial charge in [-0.2, -0.15) is 0 Å². The van der Waals surface area contributed by atoms with Crippen LogP contribution in [0.15, 0.2) is 60.2 Å². The van der Waals surface area contributed by atoms with Crippen LogP contribution < -0.4 is 5.32 Å². The Morgan fingerprint density at radius 2 is 2.07 bits per heavy atom. The number of nitrogens with one attached hydrogen (secondary N) is 1. The molecule has 2 aromatic rings. The summed E-state index contributed by atoms with van der Waals surface area (Å²) in [6, 6.07) is 5.87. The van der Waals surface area contributed by atoms with Crippen LogP contribution in [0.3, 0.4) is 0 Å². The molecule has 0 aliphatic heterocycles. The Labute approximate surface area is 177 Å². The molecule has 1 N–H and O–H groups in total. The molecular formula is C24H27ClN2O2. The highest BCUT2D eigenvalue weighted by atomic mass is 35.5. The van der Waals surface area contributed by atoms with E-state index in [0.29, 0.717) is 40.6 Å². The number of carbonyl (C=O) groups is 1.